The van der Waals surface area contributed by atoms with Crippen LogP contribution in [0.2, 0.25) is 0 Å². The molecule has 2 amide bonds. The molecule has 1 heterocycles. The fraction of sp³-hybridized carbons (Fsp3) is 0.429. The van der Waals surface area contributed by atoms with Crippen molar-refractivity contribution in [1.29, 1.82) is 0 Å². The Balaban J connectivity index is 1.83. The van der Waals surface area contributed by atoms with Gasteiger partial charge in [0.15, 0.2) is 0 Å². The van der Waals surface area contributed by atoms with Gasteiger partial charge in [0.1, 0.15) is 11.9 Å². The first kappa shape index (κ1) is 15.6. The van der Waals surface area contributed by atoms with Crippen molar-refractivity contribution in [3.8, 4) is 0 Å². The highest BCUT2D eigenvalue weighted by Crippen LogP contribution is 2.16. The van der Waals surface area contributed by atoms with E-state index in [1.807, 2.05) is 0 Å². The highest BCUT2D eigenvalue weighted by molar-refractivity contribution is 7.99. The normalized spacial score (nSPS) is 18.3. The standard InChI is InChI=1S/C14H17FN2O3S/c15-11-3-1-10(2-4-11)5-6-16-14(20)17-7-8-21-9-12(17)13(18)19/h1-4,12H,5-9H2,(H,16,20)(H,18,19). The number of aliphatic carboxylic acids is 1. The van der Waals surface area contributed by atoms with Crippen LogP contribution in [0.15, 0.2) is 24.3 Å². The van der Waals surface area contributed by atoms with Gasteiger partial charge in [0.05, 0.1) is 0 Å². The fourth-order valence-corrected chi connectivity index (χ4v) is 3.16. The van der Waals surface area contributed by atoms with Crippen LogP contribution in [-0.2, 0) is 11.2 Å². The van der Waals surface area contributed by atoms with Crippen molar-refractivity contribution in [1.82, 2.24) is 10.2 Å². The molecule has 5 nitrogen and oxygen atoms in total. The van der Waals surface area contributed by atoms with Gasteiger partial charge in [0, 0.05) is 24.6 Å². The Morgan fingerprint density at radius 3 is 2.76 bits per heavy atom. The second-order valence-corrected chi connectivity index (χ2v) is 5.88. The largest absolute Gasteiger partial charge is 0.480 e. The Kier molecular flexibility index (Phi) is 5.44. The van der Waals surface area contributed by atoms with E-state index in [0.717, 1.165) is 11.3 Å². The lowest BCUT2D eigenvalue weighted by atomic mass is 10.1. The van der Waals surface area contributed by atoms with E-state index in [0.29, 0.717) is 25.3 Å². The molecule has 0 bridgehead atoms. The van der Waals surface area contributed by atoms with Gasteiger partial charge in [-0.25, -0.2) is 14.0 Å². The average molecular weight is 312 g/mol. The average Bonchev–Trinajstić information content (AvgIpc) is 2.49. The number of carboxylic acids is 1. The van der Waals surface area contributed by atoms with Crippen LogP contribution in [0.1, 0.15) is 5.56 Å². The number of amides is 2. The molecule has 0 saturated carbocycles. The van der Waals surface area contributed by atoms with Crippen molar-refractivity contribution < 1.29 is 19.1 Å². The van der Waals surface area contributed by atoms with Gasteiger partial charge in [-0.05, 0) is 24.1 Å². The SMILES string of the molecule is O=C(O)C1CSCCN1C(=O)NCCc1ccc(F)cc1. The molecule has 1 saturated heterocycles. The van der Waals surface area contributed by atoms with Gasteiger partial charge < -0.3 is 15.3 Å². The quantitative estimate of drug-likeness (QED) is 0.885. The summed E-state index contributed by atoms with van der Waals surface area (Å²) in [6.45, 7) is 0.824. The lowest BCUT2D eigenvalue weighted by molar-refractivity contribution is -0.141. The molecule has 1 aliphatic heterocycles. The van der Waals surface area contributed by atoms with Gasteiger partial charge in [0.25, 0.3) is 0 Å². The fourth-order valence-electron chi connectivity index (χ4n) is 2.12. The summed E-state index contributed by atoms with van der Waals surface area (Å²) in [5.41, 5.74) is 0.917. The first-order valence-corrected chi connectivity index (χ1v) is 7.83. The minimum absolute atomic E-state index is 0.294. The number of nitrogens with one attached hydrogen (secondary N) is 1. The number of carboxylic acid groups (broad SMARTS) is 1. The summed E-state index contributed by atoms with van der Waals surface area (Å²) in [5, 5.41) is 11.8. The summed E-state index contributed by atoms with van der Waals surface area (Å²) >= 11 is 1.54. The number of thioether (sulfide) groups is 1. The number of carbonyl (C=O) groups is 2. The Morgan fingerprint density at radius 1 is 1.38 bits per heavy atom. The smallest absolute Gasteiger partial charge is 0.327 e. The summed E-state index contributed by atoms with van der Waals surface area (Å²) in [5.74, 6) is -0.107. The predicted molar refractivity (Wildman–Crippen MR) is 79.0 cm³/mol. The van der Waals surface area contributed by atoms with Crippen LogP contribution in [0.5, 0.6) is 0 Å². The molecule has 1 aromatic carbocycles. The van der Waals surface area contributed by atoms with Gasteiger partial charge in [-0.2, -0.15) is 11.8 Å². The molecular formula is C14H17FN2O3S. The maximum absolute atomic E-state index is 12.8. The summed E-state index contributed by atoms with van der Waals surface area (Å²) in [4.78, 5) is 24.5. The molecular weight excluding hydrogens is 295 g/mol. The number of carbonyl (C=O) groups excluding carboxylic acids is 1. The topological polar surface area (TPSA) is 69.6 Å². The first-order valence-electron chi connectivity index (χ1n) is 6.67. The van der Waals surface area contributed by atoms with E-state index < -0.39 is 12.0 Å². The molecule has 0 aromatic heterocycles. The van der Waals surface area contributed by atoms with Crippen LogP contribution in [0.4, 0.5) is 9.18 Å². The first-order chi connectivity index (χ1) is 10.1. The number of halogens is 1. The van der Waals surface area contributed by atoms with Crippen LogP contribution in [-0.4, -0.2) is 52.6 Å². The summed E-state index contributed by atoms with van der Waals surface area (Å²) < 4.78 is 12.8. The highest BCUT2D eigenvalue weighted by Gasteiger charge is 2.32. The monoisotopic (exact) mass is 312 g/mol. The highest BCUT2D eigenvalue weighted by atomic mass is 32.2. The van der Waals surface area contributed by atoms with Crippen molar-refractivity contribution in [2.24, 2.45) is 0 Å². The lowest BCUT2D eigenvalue weighted by Crippen LogP contribution is -2.54. The van der Waals surface area contributed by atoms with Crippen molar-refractivity contribution in [2.45, 2.75) is 12.5 Å². The van der Waals surface area contributed by atoms with E-state index in [2.05, 4.69) is 5.32 Å². The summed E-state index contributed by atoms with van der Waals surface area (Å²) in [6, 6.07) is 4.95. The second kappa shape index (κ2) is 7.31. The lowest BCUT2D eigenvalue weighted by Gasteiger charge is -2.32. The molecule has 1 aromatic rings. The molecule has 2 N–H and O–H groups in total. The predicted octanol–water partition coefficient (Wildman–Crippen LogP) is 1.58. The number of hydrogen-bond acceptors (Lipinski definition) is 3. The van der Waals surface area contributed by atoms with Gasteiger partial charge >= 0.3 is 12.0 Å². The second-order valence-electron chi connectivity index (χ2n) is 4.73. The van der Waals surface area contributed by atoms with Crippen molar-refractivity contribution in [3.63, 3.8) is 0 Å². The summed E-state index contributed by atoms with van der Waals surface area (Å²) in [7, 11) is 0. The zero-order valence-corrected chi connectivity index (χ0v) is 12.2. The molecule has 0 aliphatic carbocycles. The van der Waals surface area contributed by atoms with E-state index in [4.69, 9.17) is 5.11 Å². The van der Waals surface area contributed by atoms with Crippen LogP contribution >= 0.6 is 11.8 Å². The van der Waals surface area contributed by atoms with E-state index >= 15 is 0 Å². The van der Waals surface area contributed by atoms with E-state index in [9.17, 15) is 14.0 Å². The number of urea groups is 1. The summed E-state index contributed by atoms with van der Waals surface area (Å²) in [6.07, 6.45) is 0.576. The molecule has 1 fully saturated rings. The van der Waals surface area contributed by atoms with Crippen molar-refractivity contribution in [3.05, 3.63) is 35.6 Å². The van der Waals surface area contributed by atoms with Crippen LogP contribution in [0.25, 0.3) is 0 Å². The van der Waals surface area contributed by atoms with Gasteiger partial charge in [-0.1, -0.05) is 12.1 Å². The minimum atomic E-state index is -0.976. The van der Waals surface area contributed by atoms with Gasteiger partial charge in [-0.15, -0.1) is 0 Å². The van der Waals surface area contributed by atoms with Crippen LogP contribution < -0.4 is 5.32 Å². The van der Waals surface area contributed by atoms with E-state index in [-0.39, 0.29) is 11.8 Å². The van der Waals surface area contributed by atoms with Gasteiger partial charge in [-0.3, -0.25) is 0 Å². The maximum Gasteiger partial charge on any atom is 0.327 e. The molecule has 0 spiro atoms. The minimum Gasteiger partial charge on any atom is -0.480 e. The maximum atomic E-state index is 12.8. The Bertz CT molecular complexity index is 509. The number of rotatable bonds is 4. The Morgan fingerprint density at radius 2 is 2.10 bits per heavy atom. The molecule has 1 aliphatic rings. The zero-order valence-electron chi connectivity index (χ0n) is 11.4. The zero-order chi connectivity index (χ0) is 15.2. The van der Waals surface area contributed by atoms with E-state index in [1.165, 1.54) is 28.8 Å². The number of nitrogens with zero attached hydrogens (tertiary/aromatic N) is 1. The van der Waals surface area contributed by atoms with E-state index in [1.54, 1.807) is 12.1 Å². The molecule has 0 radical (unpaired) electrons. The molecule has 1 unspecified atom stereocenters. The Hall–Kier alpha value is -1.76. The van der Waals surface area contributed by atoms with Crippen LogP contribution in [0, 0.1) is 5.82 Å². The number of benzene rings is 1. The molecule has 1 atom stereocenters. The van der Waals surface area contributed by atoms with Crippen molar-refractivity contribution >= 4 is 23.8 Å². The molecule has 114 valence electrons. The third-order valence-corrected chi connectivity index (χ3v) is 4.30. The molecule has 21 heavy (non-hydrogen) atoms. The number of hydrogen-bond donors (Lipinski definition) is 2. The third kappa shape index (κ3) is 4.35. The molecule has 7 heteroatoms. The molecule has 2 rings (SSSR count). The Labute approximate surface area is 126 Å². The third-order valence-electron chi connectivity index (χ3n) is 3.28. The van der Waals surface area contributed by atoms with Gasteiger partial charge in [0.2, 0.25) is 0 Å². The van der Waals surface area contributed by atoms with Crippen LogP contribution in [0.3, 0.4) is 0 Å². The van der Waals surface area contributed by atoms with Crippen molar-refractivity contribution in [2.75, 3.05) is 24.6 Å².